The summed E-state index contributed by atoms with van der Waals surface area (Å²) < 4.78 is 0. The summed E-state index contributed by atoms with van der Waals surface area (Å²) in [6, 6.07) is 16.1. The van der Waals surface area contributed by atoms with E-state index in [0.717, 1.165) is 18.7 Å². The van der Waals surface area contributed by atoms with Crippen molar-refractivity contribution in [2.75, 3.05) is 37.6 Å². The number of hydrogen-bond donors (Lipinski definition) is 0. The second kappa shape index (κ2) is 8.05. The lowest BCUT2D eigenvalue weighted by atomic mass is 10.1. The molecule has 2 fully saturated rings. The largest absolute Gasteiger partial charge is 0.372 e. The van der Waals surface area contributed by atoms with E-state index in [1.54, 1.807) is 4.90 Å². The van der Waals surface area contributed by atoms with Crippen molar-refractivity contribution in [2.24, 2.45) is 0 Å². The Labute approximate surface area is 166 Å². The van der Waals surface area contributed by atoms with Gasteiger partial charge in [0, 0.05) is 44.0 Å². The quantitative estimate of drug-likeness (QED) is 0.822. The molecule has 0 atom stereocenters. The lowest BCUT2D eigenvalue weighted by molar-refractivity contribution is -0.135. The summed E-state index contributed by atoms with van der Waals surface area (Å²) in [5, 5.41) is 0. The summed E-state index contributed by atoms with van der Waals surface area (Å²) in [6.07, 6.45) is 2.46. The van der Waals surface area contributed by atoms with Gasteiger partial charge in [-0.05, 0) is 49.6 Å². The van der Waals surface area contributed by atoms with E-state index in [2.05, 4.69) is 36.1 Å². The van der Waals surface area contributed by atoms with Gasteiger partial charge in [-0.25, -0.2) is 0 Å². The summed E-state index contributed by atoms with van der Waals surface area (Å²) in [5.74, 6) is -0.0508. The van der Waals surface area contributed by atoms with Crippen molar-refractivity contribution in [3.8, 4) is 0 Å². The van der Waals surface area contributed by atoms with E-state index < -0.39 is 0 Å². The Kier molecular flexibility index (Phi) is 5.33. The van der Waals surface area contributed by atoms with Gasteiger partial charge in [0.15, 0.2) is 0 Å². The van der Waals surface area contributed by atoms with Crippen LogP contribution in [0.15, 0.2) is 48.5 Å². The minimum absolute atomic E-state index is 0.00821. The summed E-state index contributed by atoms with van der Waals surface area (Å²) >= 11 is 0. The molecule has 0 unspecified atom stereocenters. The highest BCUT2D eigenvalue weighted by molar-refractivity contribution is 5.97. The number of rotatable bonds is 4. The predicted molar refractivity (Wildman–Crippen MR) is 110 cm³/mol. The maximum absolute atomic E-state index is 12.8. The molecule has 0 N–H and O–H groups in total. The average Bonchev–Trinajstić information content (AvgIpc) is 3.25. The van der Waals surface area contributed by atoms with Gasteiger partial charge in [-0.1, -0.05) is 29.8 Å². The number of hydrogen-bond acceptors (Lipinski definition) is 3. The lowest BCUT2D eigenvalue weighted by Gasteiger charge is -2.34. The van der Waals surface area contributed by atoms with Gasteiger partial charge in [-0.2, -0.15) is 0 Å². The molecule has 0 spiro atoms. The van der Waals surface area contributed by atoms with Gasteiger partial charge in [0.2, 0.25) is 5.91 Å². The minimum atomic E-state index is -0.0590. The van der Waals surface area contributed by atoms with Crippen LogP contribution in [0.3, 0.4) is 0 Å². The van der Waals surface area contributed by atoms with Crippen LogP contribution in [-0.2, 0) is 11.3 Å². The molecule has 0 aromatic heterocycles. The first-order chi connectivity index (χ1) is 13.6. The Morgan fingerprint density at radius 3 is 2.21 bits per heavy atom. The third-order valence-corrected chi connectivity index (χ3v) is 5.69. The Bertz CT molecular complexity index is 839. The van der Waals surface area contributed by atoms with Crippen molar-refractivity contribution in [1.29, 1.82) is 0 Å². The molecule has 2 aromatic carbocycles. The highest BCUT2D eigenvalue weighted by atomic mass is 16.2. The second-order valence-electron chi connectivity index (χ2n) is 7.77. The van der Waals surface area contributed by atoms with Crippen molar-refractivity contribution in [3.05, 3.63) is 65.2 Å². The molecule has 4 rings (SSSR count). The Morgan fingerprint density at radius 2 is 1.57 bits per heavy atom. The Balaban J connectivity index is 1.36. The van der Waals surface area contributed by atoms with E-state index >= 15 is 0 Å². The van der Waals surface area contributed by atoms with Gasteiger partial charge in [-0.15, -0.1) is 0 Å². The fraction of sp³-hybridized carbons (Fsp3) is 0.391. The SMILES string of the molecule is Cc1ccc(CN2CCN(C(=O)c3ccc(N4CCCC4)cc3)CC2=O)cc1. The van der Waals surface area contributed by atoms with Crippen LogP contribution in [0.25, 0.3) is 0 Å². The van der Waals surface area contributed by atoms with Crippen molar-refractivity contribution < 1.29 is 9.59 Å². The first-order valence-corrected chi connectivity index (χ1v) is 10.1. The van der Waals surface area contributed by atoms with Crippen LogP contribution < -0.4 is 4.90 Å². The topological polar surface area (TPSA) is 43.9 Å². The normalized spacial score (nSPS) is 17.3. The smallest absolute Gasteiger partial charge is 0.254 e. The van der Waals surface area contributed by atoms with E-state index in [-0.39, 0.29) is 18.4 Å². The standard InChI is InChI=1S/C23H27N3O2/c1-18-4-6-19(7-5-18)16-25-14-15-26(17-22(25)27)23(28)20-8-10-21(11-9-20)24-12-2-3-13-24/h4-11H,2-3,12-17H2,1H3. The first-order valence-electron chi connectivity index (χ1n) is 10.1. The summed E-state index contributed by atoms with van der Waals surface area (Å²) in [4.78, 5) is 31.2. The number of amides is 2. The number of benzene rings is 2. The van der Waals surface area contributed by atoms with Crippen LogP contribution in [0.1, 0.15) is 34.3 Å². The maximum atomic E-state index is 12.8. The molecule has 146 valence electrons. The lowest BCUT2D eigenvalue weighted by Crippen LogP contribution is -2.51. The Hall–Kier alpha value is -2.82. The van der Waals surface area contributed by atoms with Crippen molar-refractivity contribution in [3.63, 3.8) is 0 Å². The van der Waals surface area contributed by atoms with Crippen LogP contribution in [0.5, 0.6) is 0 Å². The minimum Gasteiger partial charge on any atom is -0.372 e. The van der Waals surface area contributed by atoms with Crippen molar-refractivity contribution in [2.45, 2.75) is 26.3 Å². The van der Waals surface area contributed by atoms with Crippen LogP contribution in [-0.4, -0.2) is 54.3 Å². The molecular formula is C23H27N3O2. The summed E-state index contributed by atoms with van der Waals surface area (Å²) in [6.45, 7) is 6.13. The fourth-order valence-electron chi connectivity index (χ4n) is 3.94. The van der Waals surface area contributed by atoms with Gasteiger partial charge < -0.3 is 14.7 Å². The number of nitrogens with zero attached hydrogens (tertiary/aromatic N) is 3. The predicted octanol–water partition coefficient (Wildman–Crippen LogP) is 3.08. The van der Waals surface area contributed by atoms with Crippen molar-refractivity contribution in [1.82, 2.24) is 9.80 Å². The van der Waals surface area contributed by atoms with Gasteiger partial charge >= 0.3 is 0 Å². The van der Waals surface area contributed by atoms with Crippen LogP contribution in [0.4, 0.5) is 5.69 Å². The highest BCUT2D eigenvalue weighted by Gasteiger charge is 2.27. The molecule has 0 radical (unpaired) electrons. The first kappa shape index (κ1) is 18.5. The number of carbonyl (C=O) groups is 2. The average molecular weight is 377 g/mol. The molecule has 5 heteroatoms. The zero-order chi connectivity index (χ0) is 19.5. The van der Waals surface area contributed by atoms with Gasteiger partial charge in [-0.3, -0.25) is 9.59 Å². The number of aryl methyl sites for hydroxylation is 1. The number of piperazine rings is 1. The van der Waals surface area contributed by atoms with E-state index in [4.69, 9.17) is 0 Å². The second-order valence-corrected chi connectivity index (χ2v) is 7.77. The molecule has 2 aromatic rings. The van der Waals surface area contributed by atoms with Crippen LogP contribution in [0.2, 0.25) is 0 Å². The number of carbonyl (C=O) groups excluding carboxylic acids is 2. The fourth-order valence-corrected chi connectivity index (χ4v) is 3.94. The molecule has 5 nitrogen and oxygen atoms in total. The van der Waals surface area contributed by atoms with E-state index in [1.807, 2.05) is 29.2 Å². The van der Waals surface area contributed by atoms with E-state index in [0.29, 0.717) is 25.2 Å². The Morgan fingerprint density at radius 1 is 0.893 bits per heavy atom. The monoisotopic (exact) mass is 377 g/mol. The molecular weight excluding hydrogens is 350 g/mol. The highest BCUT2D eigenvalue weighted by Crippen LogP contribution is 2.21. The third-order valence-electron chi connectivity index (χ3n) is 5.69. The van der Waals surface area contributed by atoms with Gasteiger partial charge in [0.1, 0.15) is 6.54 Å². The number of anilines is 1. The van der Waals surface area contributed by atoms with E-state index in [1.165, 1.54) is 24.1 Å². The molecule has 2 heterocycles. The third kappa shape index (κ3) is 4.03. The molecule has 0 saturated carbocycles. The van der Waals surface area contributed by atoms with Crippen LogP contribution in [0, 0.1) is 6.92 Å². The molecule has 2 amide bonds. The summed E-state index contributed by atoms with van der Waals surface area (Å²) in [5.41, 5.74) is 4.16. The maximum Gasteiger partial charge on any atom is 0.254 e. The molecule has 2 saturated heterocycles. The van der Waals surface area contributed by atoms with Crippen LogP contribution >= 0.6 is 0 Å². The van der Waals surface area contributed by atoms with Gasteiger partial charge in [0.05, 0.1) is 0 Å². The van der Waals surface area contributed by atoms with Gasteiger partial charge in [0.25, 0.3) is 5.91 Å². The van der Waals surface area contributed by atoms with E-state index in [9.17, 15) is 9.59 Å². The summed E-state index contributed by atoms with van der Waals surface area (Å²) in [7, 11) is 0. The zero-order valence-corrected chi connectivity index (χ0v) is 16.4. The van der Waals surface area contributed by atoms with Crippen molar-refractivity contribution >= 4 is 17.5 Å². The molecule has 2 aliphatic rings. The molecule has 0 aliphatic carbocycles. The zero-order valence-electron chi connectivity index (χ0n) is 16.4. The molecule has 28 heavy (non-hydrogen) atoms. The molecule has 2 aliphatic heterocycles. The molecule has 0 bridgehead atoms.